The van der Waals surface area contributed by atoms with Crippen LogP contribution in [0, 0.1) is 17.3 Å². The van der Waals surface area contributed by atoms with Crippen molar-refractivity contribution >= 4 is 5.97 Å². The maximum atomic E-state index is 12.1. The van der Waals surface area contributed by atoms with Gasteiger partial charge in [0, 0.05) is 18.9 Å². The maximum absolute atomic E-state index is 12.1. The molecule has 5 nitrogen and oxygen atoms in total. The van der Waals surface area contributed by atoms with Crippen LogP contribution in [0.25, 0.3) is 0 Å². The standard InChI is InChI=1S/C15H22O5/c1-8-10(17)19-14-7-12(2,3)11-15(14,20-11)9(6-16)4-5-13(8,14)18/h8-9,11,16,18H,4-7H2,1-3H3/t8-,9-,11-,13+,14+,15-/m1/s1. The Kier molecular flexibility index (Phi) is 2.11. The van der Waals surface area contributed by atoms with Gasteiger partial charge in [-0.25, -0.2) is 0 Å². The predicted octanol–water partition coefficient (Wildman–Crippen LogP) is 0.619. The van der Waals surface area contributed by atoms with Crippen LogP contribution in [0.1, 0.15) is 40.0 Å². The zero-order chi connectivity index (χ0) is 14.6. The van der Waals surface area contributed by atoms with Gasteiger partial charge in [-0.2, -0.15) is 0 Å². The lowest BCUT2D eigenvalue weighted by atomic mass is 9.59. The molecule has 0 unspecified atom stereocenters. The summed E-state index contributed by atoms with van der Waals surface area (Å²) in [6, 6.07) is 0. The minimum Gasteiger partial charge on any atom is -0.452 e. The third kappa shape index (κ3) is 1.02. The molecule has 0 amide bonds. The van der Waals surface area contributed by atoms with Crippen molar-refractivity contribution in [1.82, 2.24) is 0 Å². The zero-order valence-corrected chi connectivity index (χ0v) is 12.2. The molecular formula is C15H22O5. The SMILES string of the molecule is C[C@@H]1C(=O)O[C@]23CC(C)(C)[C@H]4O[C@]42[C@@H](CO)CC[C@]13O. The monoisotopic (exact) mass is 282 g/mol. The average molecular weight is 282 g/mol. The van der Waals surface area contributed by atoms with Gasteiger partial charge >= 0.3 is 5.97 Å². The molecule has 2 heterocycles. The first-order valence-electron chi connectivity index (χ1n) is 7.49. The third-order valence-corrected chi connectivity index (χ3v) is 6.44. The summed E-state index contributed by atoms with van der Waals surface area (Å²) in [5, 5.41) is 21.0. The number of hydrogen-bond donors (Lipinski definition) is 2. The molecule has 2 aliphatic heterocycles. The highest BCUT2D eigenvalue weighted by Gasteiger charge is 2.91. The Balaban J connectivity index is 1.91. The Bertz CT molecular complexity index is 498. The van der Waals surface area contributed by atoms with Crippen LogP contribution in [0.2, 0.25) is 0 Å². The molecule has 112 valence electrons. The van der Waals surface area contributed by atoms with Crippen molar-refractivity contribution in [3.05, 3.63) is 0 Å². The van der Waals surface area contributed by atoms with Crippen molar-refractivity contribution in [2.75, 3.05) is 6.61 Å². The summed E-state index contributed by atoms with van der Waals surface area (Å²) in [5.41, 5.74) is -2.98. The molecule has 2 N–H and O–H groups in total. The van der Waals surface area contributed by atoms with Gasteiger partial charge in [0.25, 0.3) is 0 Å². The highest BCUT2D eigenvalue weighted by Crippen LogP contribution is 2.76. The Morgan fingerprint density at radius 1 is 1.40 bits per heavy atom. The van der Waals surface area contributed by atoms with E-state index in [4.69, 9.17) is 9.47 Å². The molecule has 2 aliphatic carbocycles. The normalized spacial score (nSPS) is 58.6. The van der Waals surface area contributed by atoms with Crippen LogP contribution in [0.5, 0.6) is 0 Å². The van der Waals surface area contributed by atoms with E-state index in [0.29, 0.717) is 19.3 Å². The second-order valence-corrected chi connectivity index (χ2v) is 7.77. The van der Waals surface area contributed by atoms with Gasteiger partial charge in [0.15, 0.2) is 5.60 Å². The molecule has 4 aliphatic rings. The minimum absolute atomic E-state index is 0.0103. The van der Waals surface area contributed by atoms with Crippen LogP contribution in [-0.4, -0.2) is 45.7 Å². The Hall–Kier alpha value is -0.650. The van der Waals surface area contributed by atoms with Crippen molar-refractivity contribution in [3.63, 3.8) is 0 Å². The number of hydrogen-bond acceptors (Lipinski definition) is 5. The predicted molar refractivity (Wildman–Crippen MR) is 68.7 cm³/mol. The van der Waals surface area contributed by atoms with Crippen LogP contribution in [0.3, 0.4) is 0 Å². The first-order chi connectivity index (χ1) is 9.25. The number of esters is 1. The van der Waals surface area contributed by atoms with Crippen molar-refractivity contribution in [2.24, 2.45) is 17.3 Å². The lowest BCUT2D eigenvalue weighted by molar-refractivity contribution is -0.215. The van der Waals surface area contributed by atoms with Gasteiger partial charge < -0.3 is 19.7 Å². The molecular weight excluding hydrogens is 260 g/mol. The van der Waals surface area contributed by atoms with Crippen LogP contribution in [0.15, 0.2) is 0 Å². The lowest BCUT2D eigenvalue weighted by Gasteiger charge is -2.50. The summed E-state index contributed by atoms with van der Waals surface area (Å²) in [5.74, 6) is -0.928. The molecule has 2 saturated heterocycles. The minimum atomic E-state index is -1.17. The molecule has 2 spiro atoms. The molecule has 0 aromatic heterocycles. The summed E-state index contributed by atoms with van der Waals surface area (Å²) in [7, 11) is 0. The number of aliphatic hydroxyl groups excluding tert-OH is 1. The fourth-order valence-corrected chi connectivity index (χ4v) is 5.47. The summed E-state index contributed by atoms with van der Waals surface area (Å²) in [6.45, 7) is 5.93. The number of ether oxygens (including phenoxy) is 2. The van der Waals surface area contributed by atoms with Crippen molar-refractivity contribution in [3.8, 4) is 0 Å². The molecule has 4 fully saturated rings. The van der Waals surface area contributed by atoms with Gasteiger partial charge in [-0.1, -0.05) is 13.8 Å². The highest BCUT2D eigenvalue weighted by molar-refractivity contribution is 5.79. The fourth-order valence-electron chi connectivity index (χ4n) is 5.47. The maximum Gasteiger partial charge on any atom is 0.312 e. The average Bonchev–Trinajstić information content (AvgIpc) is 3.04. The van der Waals surface area contributed by atoms with Crippen LogP contribution >= 0.6 is 0 Å². The second-order valence-electron chi connectivity index (χ2n) is 7.77. The number of rotatable bonds is 1. The molecule has 0 aromatic carbocycles. The fraction of sp³-hybridized carbons (Fsp3) is 0.933. The van der Waals surface area contributed by atoms with Crippen molar-refractivity contribution < 1.29 is 24.5 Å². The van der Waals surface area contributed by atoms with Crippen molar-refractivity contribution in [2.45, 2.75) is 62.9 Å². The van der Waals surface area contributed by atoms with Gasteiger partial charge in [-0.05, 0) is 25.2 Å². The first-order valence-corrected chi connectivity index (χ1v) is 7.49. The van der Waals surface area contributed by atoms with E-state index in [2.05, 4.69) is 13.8 Å². The summed E-state index contributed by atoms with van der Waals surface area (Å²) >= 11 is 0. The van der Waals surface area contributed by atoms with E-state index in [1.54, 1.807) is 6.92 Å². The van der Waals surface area contributed by atoms with Gasteiger partial charge in [-0.15, -0.1) is 0 Å². The van der Waals surface area contributed by atoms with E-state index >= 15 is 0 Å². The van der Waals surface area contributed by atoms with Gasteiger partial charge in [0.05, 0.1) is 12.0 Å². The van der Waals surface area contributed by atoms with Crippen LogP contribution < -0.4 is 0 Å². The van der Waals surface area contributed by atoms with Crippen LogP contribution in [-0.2, 0) is 14.3 Å². The molecule has 0 radical (unpaired) electrons. The van der Waals surface area contributed by atoms with Crippen molar-refractivity contribution in [1.29, 1.82) is 0 Å². The molecule has 20 heavy (non-hydrogen) atoms. The molecule has 2 saturated carbocycles. The summed E-state index contributed by atoms with van der Waals surface area (Å²) in [6.07, 6.45) is 1.71. The van der Waals surface area contributed by atoms with E-state index in [-0.39, 0.29) is 30.0 Å². The Labute approximate surface area is 118 Å². The van der Waals surface area contributed by atoms with E-state index < -0.39 is 22.7 Å². The smallest absolute Gasteiger partial charge is 0.312 e. The van der Waals surface area contributed by atoms with Crippen LogP contribution in [0.4, 0.5) is 0 Å². The molecule has 0 bridgehead atoms. The molecule has 6 atom stereocenters. The molecule has 0 aromatic rings. The highest BCUT2D eigenvalue weighted by atomic mass is 16.7. The third-order valence-electron chi connectivity index (χ3n) is 6.44. The Morgan fingerprint density at radius 3 is 2.70 bits per heavy atom. The second kappa shape index (κ2) is 3.23. The number of carbonyl (C=O) groups is 1. The van der Waals surface area contributed by atoms with Gasteiger partial charge in [0.2, 0.25) is 0 Å². The van der Waals surface area contributed by atoms with E-state index in [1.165, 1.54) is 0 Å². The topological polar surface area (TPSA) is 79.3 Å². The lowest BCUT2D eigenvalue weighted by Crippen LogP contribution is -2.66. The first kappa shape index (κ1) is 13.0. The quantitative estimate of drug-likeness (QED) is 0.544. The zero-order valence-electron chi connectivity index (χ0n) is 12.2. The molecule has 5 heteroatoms. The summed E-state index contributed by atoms with van der Waals surface area (Å²) in [4.78, 5) is 12.1. The Morgan fingerprint density at radius 2 is 2.10 bits per heavy atom. The largest absolute Gasteiger partial charge is 0.452 e. The van der Waals surface area contributed by atoms with Gasteiger partial charge in [-0.3, -0.25) is 4.79 Å². The molecule has 4 rings (SSSR count). The van der Waals surface area contributed by atoms with E-state index in [1.807, 2.05) is 0 Å². The van der Waals surface area contributed by atoms with E-state index in [9.17, 15) is 15.0 Å². The van der Waals surface area contributed by atoms with Gasteiger partial charge in [0.1, 0.15) is 11.2 Å². The number of epoxide rings is 1. The number of carbonyl (C=O) groups excluding carboxylic acids is 1. The number of aliphatic hydroxyl groups is 2. The van der Waals surface area contributed by atoms with E-state index in [0.717, 1.165) is 0 Å². The summed E-state index contributed by atoms with van der Waals surface area (Å²) < 4.78 is 11.8.